The van der Waals surface area contributed by atoms with Crippen LogP contribution < -0.4 is 10.1 Å². The molecule has 0 amide bonds. The van der Waals surface area contributed by atoms with E-state index >= 15 is 0 Å². The summed E-state index contributed by atoms with van der Waals surface area (Å²) >= 11 is 0. The number of benzene rings is 1. The Morgan fingerprint density at radius 3 is 2.94 bits per heavy atom. The minimum absolute atomic E-state index is 0.0809. The second-order valence-electron chi connectivity index (χ2n) is 3.62. The largest absolute Gasteiger partial charge is 0.478 e. The van der Waals surface area contributed by atoms with Gasteiger partial charge in [0.05, 0.1) is 0 Å². The maximum atomic E-state index is 8.47. The van der Waals surface area contributed by atoms with Crippen molar-refractivity contribution in [3.8, 4) is 11.8 Å². The van der Waals surface area contributed by atoms with Gasteiger partial charge in [0.25, 0.3) is 0 Å². The fourth-order valence-corrected chi connectivity index (χ4v) is 1.31. The second kappa shape index (κ2) is 6.65. The van der Waals surface area contributed by atoms with Crippen LogP contribution in [0.1, 0.15) is 12.5 Å². The lowest BCUT2D eigenvalue weighted by atomic mass is 10.2. The first-order chi connectivity index (χ1) is 7.74. The van der Waals surface area contributed by atoms with E-state index in [-0.39, 0.29) is 6.61 Å². The summed E-state index contributed by atoms with van der Waals surface area (Å²) in [5.74, 6) is 0.762. The van der Waals surface area contributed by atoms with Gasteiger partial charge in [-0.05, 0) is 13.0 Å². The number of ether oxygens (including phenoxy) is 1. The zero-order valence-corrected chi connectivity index (χ0v) is 9.49. The molecule has 0 aliphatic heterocycles. The van der Waals surface area contributed by atoms with Crippen molar-refractivity contribution in [3.63, 3.8) is 0 Å². The van der Waals surface area contributed by atoms with Crippen LogP contribution in [0.4, 0.5) is 0 Å². The summed E-state index contributed by atoms with van der Waals surface area (Å²) in [5, 5.41) is 11.7. The van der Waals surface area contributed by atoms with Crippen molar-refractivity contribution in [1.82, 2.24) is 5.32 Å². The molecule has 0 spiro atoms. The van der Waals surface area contributed by atoms with Gasteiger partial charge >= 0.3 is 0 Å². The topological polar surface area (TPSA) is 45.0 Å². The molecule has 0 saturated heterocycles. The van der Waals surface area contributed by atoms with Gasteiger partial charge in [-0.2, -0.15) is 5.26 Å². The Balaban J connectivity index is 2.57. The highest BCUT2D eigenvalue weighted by Gasteiger charge is 2.01. The van der Waals surface area contributed by atoms with E-state index in [1.54, 1.807) is 0 Å². The molecule has 16 heavy (non-hydrogen) atoms. The van der Waals surface area contributed by atoms with Crippen LogP contribution in [0, 0.1) is 11.3 Å². The summed E-state index contributed by atoms with van der Waals surface area (Å²) in [6.45, 7) is 7.38. The molecule has 3 nitrogen and oxygen atoms in total. The smallest absolute Gasteiger partial charge is 0.174 e. The first kappa shape index (κ1) is 12.3. The van der Waals surface area contributed by atoms with Crippen LogP contribution in [-0.2, 0) is 6.54 Å². The average Bonchev–Trinajstić information content (AvgIpc) is 2.27. The summed E-state index contributed by atoms with van der Waals surface area (Å²) in [5.41, 5.74) is 2.15. The number of hydrogen-bond donors (Lipinski definition) is 1. The summed E-state index contributed by atoms with van der Waals surface area (Å²) in [7, 11) is 0. The maximum Gasteiger partial charge on any atom is 0.174 e. The standard InChI is InChI=1S/C13H16N2O/c1-11(2)9-15-10-12-5-3-4-6-13(12)16-8-7-14/h3-6,15H,1,8-10H2,2H3. The van der Waals surface area contributed by atoms with Crippen LogP contribution in [0.2, 0.25) is 0 Å². The van der Waals surface area contributed by atoms with Gasteiger partial charge in [-0.15, -0.1) is 0 Å². The van der Waals surface area contributed by atoms with Crippen molar-refractivity contribution < 1.29 is 4.74 Å². The van der Waals surface area contributed by atoms with E-state index in [2.05, 4.69) is 11.9 Å². The Hall–Kier alpha value is -1.79. The van der Waals surface area contributed by atoms with E-state index < -0.39 is 0 Å². The van der Waals surface area contributed by atoms with Gasteiger partial charge in [0, 0.05) is 18.7 Å². The SMILES string of the molecule is C=C(C)CNCc1ccccc1OCC#N. The monoisotopic (exact) mass is 216 g/mol. The fraction of sp³-hybridized carbons (Fsp3) is 0.308. The number of nitrogens with zero attached hydrogens (tertiary/aromatic N) is 1. The normalized spacial score (nSPS) is 9.50. The van der Waals surface area contributed by atoms with Crippen LogP contribution in [0.3, 0.4) is 0 Å². The number of nitrogens with one attached hydrogen (secondary N) is 1. The molecular weight excluding hydrogens is 200 g/mol. The molecule has 0 atom stereocenters. The van der Waals surface area contributed by atoms with E-state index in [0.717, 1.165) is 23.4 Å². The number of rotatable bonds is 6. The van der Waals surface area contributed by atoms with Gasteiger partial charge in [-0.3, -0.25) is 0 Å². The molecular formula is C13H16N2O. The van der Waals surface area contributed by atoms with E-state index in [9.17, 15) is 0 Å². The maximum absolute atomic E-state index is 8.47. The van der Waals surface area contributed by atoms with Gasteiger partial charge in [0.1, 0.15) is 11.8 Å². The number of para-hydroxylation sites is 1. The Kier molecular flexibility index (Phi) is 5.10. The average molecular weight is 216 g/mol. The molecule has 0 fully saturated rings. The number of hydrogen-bond acceptors (Lipinski definition) is 3. The lowest BCUT2D eigenvalue weighted by Crippen LogP contribution is -2.15. The summed E-state index contributed by atoms with van der Waals surface area (Å²) in [6, 6.07) is 9.67. The third-order valence-corrected chi connectivity index (χ3v) is 2.01. The van der Waals surface area contributed by atoms with E-state index in [1.165, 1.54) is 0 Å². The van der Waals surface area contributed by atoms with Crippen molar-refractivity contribution in [2.75, 3.05) is 13.2 Å². The summed E-state index contributed by atoms with van der Waals surface area (Å²) in [4.78, 5) is 0. The zero-order chi connectivity index (χ0) is 11.8. The lowest BCUT2D eigenvalue weighted by molar-refractivity contribution is 0.363. The van der Waals surface area contributed by atoms with Gasteiger partial charge in [0.2, 0.25) is 0 Å². The quantitative estimate of drug-likeness (QED) is 0.742. The van der Waals surface area contributed by atoms with Crippen molar-refractivity contribution >= 4 is 0 Å². The van der Waals surface area contributed by atoms with Crippen molar-refractivity contribution in [2.24, 2.45) is 0 Å². The molecule has 84 valence electrons. The molecule has 1 aromatic carbocycles. The molecule has 1 rings (SSSR count). The van der Waals surface area contributed by atoms with Crippen molar-refractivity contribution in [3.05, 3.63) is 42.0 Å². The molecule has 0 unspecified atom stereocenters. The van der Waals surface area contributed by atoms with Crippen LogP contribution in [0.5, 0.6) is 5.75 Å². The van der Waals surface area contributed by atoms with Gasteiger partial charge < -0.3 is 10.1 Å². The lowest BCUT2D eigenvalue weighted by Gasteiger charge is -2.10. The highest BCUT2D eigenvalue weighted by Crippen LogP contribution is 2.17. The van der Waals surface area contributed by atoms with Crippen LogP contribution in [-0.4, -0.2) is 13.2 Å². The minimum atomic E-state index is 0.0809. The van der Waals surface area contributed by atoms with Gasteiger partial charge in [-0.25, -0.2) is 0 Å². The molecule has 0 saturated carbocycles. The van der Waals surface area contributed by atoms with Crippen molar-refractivity contribution in [1.29, 1.82) is 5.26 Å². The first-order valence-corrected chi connectivity index (χ1v) is 5.17. The van der Waals surface area contributed by atoms with Crippen LogP contribution in [0.15, 0.2) is 36.4 Å². The first-order valence-electron chi connectivity index (χ1n) is 5.17. The molecule has 0 radical (unpaired) electrons. The number of nitriles is 1. The van der Waals surface area contributed by atoms with Gasteiger partial charge in [-0.1, -0.05) is 30.4 Å². The molecule has 1 aromatic rings. The highest BCUT2D eigenvalue weighted by molar-refractivity contribution is 5.33. The molecule has 0 aliphatic carbocycles. The third-order valence-electron chi connectivity index (χ3n) is 2.01. The Bertz CT molecular complexity index is 393. The predicted octanol–water partition coefficient (Wildman–Crippen LogP) is 2.25. The Labute approximate surface area is 96.4 Å². The molecule has 1 N–H and O–H groups in total. The summed E-state index contributed by atoms with van der Waals surface area (Å²) < 4.78 is 5.32. The second-order valence-corrected chi connectivity index (χ2v) is 3.62. The Morgan fingerprint density at radius 2 is 2.25 bits per heavy atom. The zero-order valence-electron chi connectivity index (χ0n) is 9.49. The fourth-order valence-electron chi connectivity index (χ4n) is 1.31. The van der Waals surface area contributed by atoms with E-state index in [4.69, 9.17) is 10.00 Å². The molecule has 3 heteroatoms. The van der Waals surface area contributed by atoms with Crippen LogP contribution >= 0.6 is 0 Å². The van der Waals surface area contributed by atoms with Crippen LogP contribution in [0.25, 0.3) is 0 Å². The molecule has 0 aliphatic rings. The third kappa shape index (κ3) is 4.16. The molecule has 0 bridgehead atoms. The summed E-state index contributed by atoms with van der Waals surface area (Å²) in [6.07, 6.45) is 0. The molecule has 0 aromatic heterocycles. The predicted molar refractivity (Wildman–Crippen MR) is 64.1 cm³/mol. The minimum Gasteiger partial charge on any atom is -0.478 e. The highest BCUT2D eigenvalue weighted by atomic mass is 16.5. The van der Waals surface area contributed by atoms with E-state index in [1.807, 2.05) is 37.3 Å². The molecule has 0 heterocycles. The van der Waals surface area contributed by atoms with Crippen molar-refractivity contribution in [2.45, 2.75) is 13.5 Å². The van der Waals surface area contributed by atoms with Gasteiger partial charge in [0.15, 0.2) is 6.61 Å². The Morgan fingerprint density at radius 1 is 1.50 bits per heavy atom. The van der Waals surface area contributed by atoms with E-state index in [0.29, 0.717) is 6.54 Å².